The summed E-state index contributed by atoms with van der Waals surface area (Å²) in [6.07, 6.45) is 6.06. The predicted octanol–water partition coefficient (Wildman–Crippen LogP) is 3.74. The highest BCUT2D eigenvalue weighted by molar-refractivity contribution is 5.87. The number of aromatic nitrogens is 4. The first-order chi connectivity index (χ1) is 24.7. The molecule has 1 fully saturated rings. The van der Waals surface area contributed by atoms with E-state index in [9.17, 15) is 19.2 Å². The normalized spacial score (nSPS) is 17.4. The Labute approximate surface area is 294 Å². The van der Waals surface area contributed by atoms with E-state index in [0.717, 1.165) is 33.6 Å². The van der Waals surface area contributed by atoms with Gasteiger partial charge in [-0.15, -0.1) is 0 Å². The quantitative estimate of drug-likeness (QED) is 0.154. The van der Waals surface area contributed by atoms with Gasteiger partial charge in [-0.05, 0) is 28.2 Å². The lowest BCUT2D eigenvalue weighted by atomic mass is 10.0. The first-order valence-electron chi connectivity index (χ1n) is 16.6. The van der Waals surface area contributed by atoms with Gasteiger partial charge in [-0.2, -0.15) is 0 Å². The van der Waals surface area contributed by atoms with Crippen LogP contribution in [0, 0.1) is 5.92 Å². The second kappa shape index (κ2) is 15.3. The van der Waals surface area contributed by atoms with Crippen LogP contribution in [0.25, 0.3) is 33.6 Å². The number of carbonyl (C=O) groups excluding carboxylic acids is 4. The minimum Gasteiger partial charge on any atom is -0.453 e. The molecule has 0 aliphatic carbocycles. The van der Waals surface area contributed by atoms with Crippen LogP contribution in [-0.2, 0) is 19.1 Å². The standard InChI is InChI=1S/C36H41N9O6/c1-21(2)31(43-36(49)51-4)34(47)44-15-5-6-28(44)32-38-16-26(41-32)24-11-7-22(8-12-24)23-9-13-25(14-10-23)27-17-39-33(42-27)29-18-37-20-45(29)30(46)19-40-35(48)50-3/h5-14,16-17,21,28-29,31,37H,15,18-20H2,1-4H3,(H,38,41)(H,39,42)(H,40,48)(H,43,49)/t28-,29-,31?/m0/s1. The maximum atomic E-state index is 13.4. The Bertz CT molecular complexity index is 1900. The fourth-order valence-electron chi connectivity index (χ4n) is 6.21. The Morgan fingerprint density at radius 1 is 0.824 bits per heavy atom. The number of nitrogens with one attached hydrogen (secondary N) is 5. The Balaban J connectivity index is 1.10. The molecule has 2 aliphatic rings. The largest absolute Gasteiger partial charge is 0.453 e. The number of imidazole rings is 2. The van der Waals surface area contributed by atoms with Crippen molar-refractivity contribution in [3.05, 3.63) is 84.7 Å². The fraction of sp³-hybridized carbons (Fsp3) is 0.333. The molecule has 4 heterocycles. The van der Waals surface area contributed by atoms with Gasteiger partial charge >= 0.3 is 12.2 Å². The SMILES string of the molecule is COC(=O)NCC(=O)N1CNC[C@H]1c1ncc(-c2ccc(-c3ccc(-c4cnc([C@@H]5C=CCN5C(=O)C(NC(=O)OC)C(C)C)[nH]4)cc3)cc2)[nH]1. The molecule has 2 aromatic heterocycles. The molecule has 2 aromatic carbocycles. The summed E-state index contributed by atoms with van der Waals surface area (Å²) in [5, 5.41) is 8.28. The van der Waals surface area contributed by atoms with Crippen molar-refractivity contribution in [2.45, 2.75) is 32.0 Å². The molecule has 4 amide bonds. The molecule has 0 spiro atoms. The van der Waals surface area contributed by atoms with E-state index in [1.807, 2.05) is 74.5 Å². The van der Waals surface area contributed by atoms with E-state index in [1.165, 1.54) is 14.2 Å². The molecule has 266 valence electrons. The average molecular weight is 696 g/mol. The smallest absolute Gasteiger partial charge is 0.407 e. The van der Waals surface area contributed by atoms with Gasteiger partial charge in [0.05, 0.1) is 44.7 Å². The Morgan fingerprint density at radius 2 is 1.39 bits per heavy atom. The summed E-state index contributed by atoms with van der Waals surface area (Å²) in [5.41, 5.74) is 5.61. The molecule has 3 atom stereocenters. The molecule has 0 bridgehead atoms. The molecule has 1 unspecified atom stereocenters. The van der Waals surface area contributed by atoms with Crippen LogP contribution in [0.15, 0.2) is 73.1 Å². The minimum absolute atomic E-state index is 0.132. The summed E-state index contributed by atoms with van der Waals surface area (Å²) in [5.74, 6) is 0.706. The number of benzene rings is 2. The van der Waals surface area contributed by atoms with Crippen LogP contribution < -0.4 is 16.0 Å². The first-order valence-corrected chi connectivity index (χ1v) is 16.6. The third-order valence-electron chi connectivity index (χ3n) is 9.03. The Hall–Kier alpha value is -5.96. The number of carbonyl (C=O) groups is 4. The zero-order valence-corrected chi connectivity index (χ0v) is 28.8. The second-order valence-corrected chi connectivity index (χ2v) is 12.6. The Morgan fingerprint density at radius 3 is 1.98 bits per heavy atom. The van der Waals surface area contributed by atoms with E-state index in [4.69, 9.17) is 4.74 Å². The molecule has 0 saturated carbocycles. The molecule has 4 aromatic rings. The lowest BCUT2D eigenvalue weighted by Crippen LogP contribution is -2.51. The summed E-state index contributed by atoms with van der Waals surface area (Å²) in [7, 11) is 2.52. The van der Waals surface area contributed by atoms with Crippen LogP contribution in [0.4, 0.5) is 9.59 Å². The predicted molar refractivity (Wildman–Crippen MR) is 188 cm³/mol. The molecule has 6 rings (SSSR count). The molecule has 15 nitrogen and oxygen atoms in total. The van der Waals surface area contributed by atoms with E-state index in [2.05, 4.69) is 40.6 Å². The summed E-state index contributed by atoms with van der Waals surface area (Å²) >= 11 is 0. The fourth-order valence-corrected chi connectivity index (χ4v) is 6.21. The number of amides is 4. The summed E-state index contributed by atoms with van der Waals surface area (Å²) in [6.45, 7) is 4.89. The van der Waals surface area contributed by atoms with Crippen LogP contribution in [0.3, 0.4) is 0 Å². The molecule has 0 radical (unpaired) electrons. The summed E-state index contributed by atoms with van der Waals surface area (Å²) in [4.78, 5) is 68.6. The lowest BCUT2D eigenvalue weighted by Gasteiger charge is -2.29. The van der Waals surface area contributed by atoms with Gasteiger partial charge in [-0.3, -0.25) is 14.9 Å². The van der Waals surface area contributed by atoms with Crippen molar-refractivity contribution in [1.29, 1.82) is 0 Å². The van der Waals surface area contributed by atoms with Crippen LogP contribution in [0.5, 0.6) is 0 Å². The number of rotatable bonds is 10. The first kappa shape index (κ1) is 34.9. The topological polar surface area (TPSA) is 187 Å². The van der Waals surface area contributed by atoms with Gasteiger partial charge in [0.2, 0.25) is 11.8 Å². The molecule has 15 heteroatoms. The number of hydrogen-bond acceptors (Lipinski definition) is 9. The van der Waals surface area contributed by atoms with Gasteiger partial charge in [0.25, 0.3) is 0 Å². The van der Waals surface area contributed by atoms with Crippen molar-refractivity contribution in [2.75, 3.05) is 40.5 Å². The lowest BCUT2D eigenvalue weighted by molar-refractivity contribution is -0.135. The summed E-state index contributed by atoms with van der Waals surface area (Å²) in [6, 6.07) is 14.9. The second-order valence-electron chi connectivity index (χ2n) is 12.6. The van der Waals surface area contributed by atoms with Gasteiger partial charge < -0.3 is 39.9 Å². The number of ether oxygens (including phenoxy) is 2. The van der Waals surface area contributed by atoms with Gasteiger partial charge in [0, 0.05) is 13.1 Å². The Kier molecular flexibility index (Phi) is 10.5. The number of alkyl carbamates (subject to hydrolysis) is 2. The van der Waals surface area contributed by atoms with Crippen molar-refractivity contribution in [1.82, 2.24) is 45.7 Å². The molecular weight excluding hydrogens is 654 g/mol. The van der Waals surface area contributed by atoms with Crippen LogP contribution in [0.2, 0.25) is 0 Å². The van der Waals surface area contributed by atoms with Crippen molar-refractivity contribution < 1.29 is 28.7 Å². The van der Waals surface area contributed by atoms with E-state index in [1.54, 1.807) is 22.2 Å². The van der Waals surface area contributed by atoms with Gasteiger partial charge in [-0.1, -0.05) is 74.5 Å². The van der Waals surface area contributed by atoms with Gasteiger partial charge in [-0.25, -0.2) is 19.6 Å². The highest BCUT2D eigenvalue weighted by atomic mass is 16.5. The number of H-pyrrole nitrogens is 2. The third kappa shape index (κ3) is 7.62. The third-order valence-corrected chi connectivity index (χ3v) is 9.03. The van der Waals surface area contributed by atoms with Crippen molar-refractivity contribution in [3.63, 3.8) is 0 Å². The molecule has 5 N–H and O–H groups in total. The van der Waals surface area contributed by atoms with E-state index in [0.29, 0.717) is 31.4 Å². The van der Waals surface area contributed by atoms with E-state index < -0.39 is 18.2 Å². The van der Waals surface area contributed by atoms with Crippen molar-refractivity contribution in [2.24, 2.45) is 5.92 Å². The molecule has 51 heavy (non-hydrogen) atoms. The molecule has 1 saturated heterocycles. The summed E-state index contributed by atoms with van der Waals surface area (Å²) < 4.78 is 9.28. The number of aromatic amines is 2. The number of methoxy groups -OCH3 is 2. The van der Waals surface area contributed by atoms with Crippen molar-refractivity contribution in [3.8, 4) is 33.6 Å². The zero-order chi connectivity index (χ0) is 36.1. The highest BCUT2D eigenvalue weighted by Crippen LogP contribution is 2.31. The number of hydrogen-bond donors (Lipinski definition) is 5. The maximum absolute atomic E-state index is 13.4. The minimum atomic E-state index is -0.727. The maximum Gasteiger partial charge on any atom is 0.407 e. The molecular formula is C36H41N9O6. The van der Waals surface area contributed by atoms with Gasteiger partial charge in [0.15, 0.2) is 0 Å². The molecule has 2 aliphatic heterocycles. The van der Waals surface area contributed by atoms with Gasteiger partial charge in [0.1, 0.15) is 36.3 Å². The van der Waals surface area contributed by atoms with E-state index >= 15 is 0 Å². The zero-order valence-electron chi connectivity index (χ0n) is 28.8. The van der Waals surface area contributed by atoms with Crippen molar-refractivity contribution >= 4 is 24.0 Å². The highest BCUT2D eigenvalue weighted by Gasteiger charge is 2.35. The van der Waals surface area contributed by atoms with Crippen LogP contribution in [0.1, 0.15) is 37.6 Å². The van der Waals surface area contributed by atoms with Crippen LogP contribution in [-0.4, -0.2) is 100 Å². The number of nitrogens with zero attached hydrogens (tertiary/aromatic N) is 4. The van der Waals surface area contributed by atoms with E-state index in [-0.39, 0.29) is 36.4 Å². The monoisotopic (exact) mass is 695 g/mol. The average Bonchev–Trinajstić information content (AvgIpc) is 3.99. The van der Waals surface area contributed by atoms with Crippen LogP contribution >= 0.6 is 0 Å².